The van der Waals surface area contributed by atoms with Gasteiger partial charge in [0, 0.05) is 16.1 Å². The molecule has 0 saturated heterocycles. The molecule has 7 heteroatoms. The Labute approximate surface area is 188 Å². The monoisotopic (exact) mass is 457 g/mol. The van der Waals surface area contributed by atoms with Gasteiger partial charge in [-0.1, -0.05) is 34.0 Å². The minimum atomic E-state index is -1.88. The summed E-state index contributed by atoms with van der Waals surface area (Å²) in [5, 5.41) is 3.25. The summed E-state index contributed by atoms with van der Waals surface area (Å²) in [6, 6.07) is 20.4. The van der Waals surface area contributed by atoms with E-state index in [4.69, 9.17) is 11.6 Å². The van der Waals surface area contributed by atoms with Gasteiger partial charge in [-0.2, -0.15) is 4.31 Å². The SMILES string of the molecule is CN(c1ccccc1)[SH+](=O)c1ccc(NC(=O)c2ccc3c(c2)CCCS3)cc1Cl. The number of carbonyl (C=O) groups excluding carboxylic acids is 1. The Hall–Kier alpha value is -2.28. The first kappa shape index (κ1) is 21.0. The fourth-order valence-electron chi connectivity index (χ4n) is 3.35. The number of nitrogens with one attached hydrogen (secondary N) is 1. The zero-order valence-electron chi connectivity index (χ0n) is 16.5. The lowest BCUT2D eigenvalue weighted by atomic mass is 10.1. The van der Waals surface area contributed by atoms with Crippen molar-refractivity contribution in [2.24, 2.45) is 0 Å². The summed E-state index contributed by atoms with van der Waals surface area (Å²) in [5.41, 5.74) is 3.28. The van der Waals surface area contributed by atoms with Crippen LogP contribution in [0.5, 0.6) is 0 Å². The Kier molecular flexibility index (Phi) is 6.46. The summed E-state index contributed by atoms with van der Waals surface area (Å²) in [7, 11) is -0.108. The van der Waals surface area contributed by atoms with Crippen LogP contribution in [-0.4, -0.2) is 18.7 Å². The molecule has 1 N–H and O–H groups in total. The number of thiol groups is 1. The van der Waals surface area contributed by atoms with E-state index in [1.807, 2.05) is 60.3 Å². The smallest absolute Gasteiger partial charge is 0.255 e. The number of benzene rings is 3. The predicted molar refractivity (Wildman–Crippen MR) is 127 cm³/mol. The van der Waals surface area contributed by atoms with E-state index in [2.05, 4.69) is 5.32 Å². The van der Waals surface area contributed by atoms with Crippen LogP contribution < -0.4 is 9.62 Å². The molecule has 1 aliphatic rings. The van der Waals surface area contributed by atoms with Gasteiger partial charge < -0.3 is 5.32 Å². The Balaban J connectivity index is 1.49. The van der Waals surface area contributed by atoms with Crippen molar-refractivity contribution in [2.45, 2.75) is 22.6 Å². The summed E-state index contributed by atoms with van der Waals surface area (Å²) < 4.78 is 14.7. The molecule has 4 rings (SSSR count). The Bertz CT molecular complexity index is 1110. The van der Waals surface area contributed by atoms with Crippen LogP contribution in [0.4, 0.5) is 11.4 Å². The van der Waals surface area contributed by atoms with Crippen molar-refractivity contribution >= 4 is 51.6 Å². The van der Waals surface area contributed by atoms with Crippen LogP contribution in [0, 0.1) is 0 Å². The number of hydrogen-bond acceptors (Lipinski definition) is 3. The van der Waals surface area contributed by atoms with Crippen molar-refractivity contribution in [1.29, 1.82) is 0 Å². The highest BCUT2D eigenvalue weighted by atomic mass is 35.5. The lowest BCUT2D eigenvalue weighted by molar-refractivity contribution is 0.102. The van der Waals surface area contributed by atoms with Crippen molar-refractivity contribution in [3.05, 3.63) is 82.9 Å². The van der Waals surface area contributed by atoms with E-state index in [0.29, 0.717) is 21.2 Å². The minimum absolute atomic E-state index is 0.178. The largest absolute Gasteiger partial charge is 0.322 e. The van der Waals surface area contributed by atoms with Gasteiger partial charge in [-0.25, -0.2) is 0 Å². The van der Waals surface area contributed by atoms with Crippen LogP contribution in [0.1, 0.15) is 22.3 Å². The number of rotatable bonds is 5. The fraction of sp³-hybridized carbons (Fsp3) is 0.174. The molecular formula is C23H22ClN2O2S2+. The fourth-order valence-corrected chi connectivity index (χ4v) is 5.89. The van der Waals surface area contributed by atoms with Crippen molar-refractivity contribution in [1.82, 2.24) is 0 Å². The molecule has 4 nitrogen and oxygen atoms in total. The van der Waals surface area contributed by atoms with E-state index >= 15 is 0 Å². The quantitative estimate of drug-likeness (QED) is 0.392. The molecule has 0 bridgehead atoms. The topological polar surface area (TPSA) is 49.4 Å². The van der Waals surface area contributed by atoms with Gasteiger partial charge in [0.05, 0.1) is 17.8 Å². The zero-order chi connectivity index (χ0) is 21.1. The molecule has 1 amide bonds. The van der Waals surface area contributed by atoms with Crippen LogP contribution in [0.2, 0.25) is 5.02 Å². The Morgan fingerprint density at radius 3 is 2.67 bits per heavy atom. The van der Waals surface area contributed by atoms with Crippen molar-refractivity contribution < 1.29 is 9.00 Å². The molecule has 3 aromatic carbocycles. The molecule has 0 saturated carbocycles. The third-order valence-electron chi connectivity index (χ3n) is 4.98. The maximum atomic E-state index is 13.0. The highest BCUT2D eigenvalue weighted by Crippen LogP contribution is 2.31. The van der Waals surface area contributed by atoms with Crippen LogP contribution in [0.3, 0.4) is 0 Å². The van der Waals surface area contributed by atoms with Gasteiger partial charge in [-0.05, 0) is 72.7 Å². The average Bonchev–Trinajstić information content (AvgIpc) is 2.78. The summed E-state index contributed by atoms with van der Waals surface area (Å²) in [4.78, 5) is 14.5. The number of carbonyl (C=O) groups is 1. The molecule has 30 heavy (non-hydrogen) atoms. The number of nitrogens with zero attached hydrogens (tertiary/aromatic N) is 1. The number of anilines is 2. The molecule has 1 heterocycles. The van der Waals surface area contributed by atoms with Crippen LogP contribution in [0.25, 0.3) is 0 Å². The lowest BCUT2D eigenvalue weighted by Crippen LogP contribution is -2.20. The van der Waals surface area contributed by atoms with Crippen LogP contribution in [0.15, 0.2) is 76.5 Å². The van der Waals surface area contributed by atoms with E-state index < -0.39 is 11.0 Å². The van der Waals surface area contributed by atoms with Gasteiger partial charge in [-0.3, -0.25) is 4.79 Å². The maximum absolute atomic E-state index is 13.0. The number of aryl methyl sites for hydroxylation is 1. The maximum Gasteiger partial charge on any atom is 0.255 e. The molecular weight excluding hydrogens is 436 g/mol. The third-order valence-corrected chi connectivity index (χ3v) is 8.21. The van der Waals surface area contributed by atoms with Gasteiger partial charge in [0.1, 0.15) is 0 Å². The molecule has 0 aromatic heterocycles. The van der Waals surface area contributed by atoms with Gasteiger partial charge in [0.25, 0.3) is 5.91 Å². The third kappa shape index (κ3) is 4.56. The van der Waals surface area contributed by atoms with Crippen LogP contribution >= 0.6 is 23.4 Å². The van der Waals surface area contributed by atoms with Gasteiger partial charge in [0.2, 0.25) is 11.0 Å². The van der Waals surface area contributed by atoms with E-state index in [9.17, 15) is 9.00 Å². The number of thioether (sulfide) groups is 1. The minimum Gasteiger partial charge on any atom is -0.322 e. The Morgan fingerprint density at radius 1 is 1.10 bits per heavy atom. The van der Waals surface area contributed by atoms with Gasteiger partial charge in [0.15, 0.2) is 4.90 Å². The Morgan fingerprint density at radius 2 is 1.90 bits per heavy atom. The van der Waals surface area contributed by atoms with Crippen molar-refractivity contribution in [3.63, 3.8) is 0 Å². The lowest BCUT2D eigenvalue weighted by Gasteiger charge is -2.16. The normalized spacial score (nSPS) is 13.9. The number of para-hydroxylation sites is 1. The number of amides is 1. The van der Waals surface area contributed by atoms with Gasteiger partial charge >= 0.3 is 0 Å². The molecule has 0 radical (unpaired) electrons. The molecule has 1 aliphatic heterocycles. The molecule has 0 aliphatic carbocycles. The number of halogens is 1. The summed E-state index contributed by atoms with van der Waals surface area (Å²) >= 11 is 8.25. The van der Waals surface area contributed by atoms with E-state index in [1.54, 1.807) is 29.6 Å². The molecule has 1 atom stereocenters. The highest BCUT2D eigenvalue weighted by molar-refractivity contribution is 7.99. The zero-order valence-corrected chi connectivity index (χ0v) is 18.9. The second-order valence-corrected chi connectivity index (χ2v) is 10.2. The first-order valence-corrected chi connectivity index (χ1v) is 12.2. The van der Waals surface area contributed by atoms with E-state index in [1.165, 1.54) is 10.5 Å². The molecule has 0 fully saturated rings. The summed E-state index contributed by atoms with van der Waals surface area (Å²) in [5.74, 6) is 0.952. The molecule has 0 spiro atoms. The number of fused-ring (bicyclic) bond motifs is 1. The predicted octanol–water partition coefficient (Wildman–Crippen LogP) is 5.74. The van der Waals surface area contributed by atoms with E-state index in [0.717, 1.165) is 24.3 Å². The van der Waals surface area contributed by atoms with Crippen LogP contribution in [-0.2, 0) is 21.6 Å². The van der Waals surface area contributed by atoms with E-state index in [-0.39, 0.29) is 5.91 Å². The molecule has 1 unspecified atom stereocenters. The molecule has 3 aromatic rings. The number of hydrogen-bond donors (Lipinski definition) is 1. The first-order chi connectivity index (χ1) is 14.5. The second kappa shape index (κ2) is 9.25. The molecule has 154 valence electrons. The second-order valence-electron chi connectivity index (χ2n) is 7.03. The van der Waals surface area contributed by atoms with Crippen molar-refractivity contribution in [2.75, 3.05) is 22.4 Å². The standard InChI is InChI=1S/C23H21ClN2O2S2/c1-26(19-7-3-2-4-8-19)30(28)22-12-10-18(15-20(22)24)25-23(27)17-9-11-21-16(14-17)6-5-13-29-21/h2-4,7-12,14-15H,5-6,13H2,1H3,(H,25,27)/p+1. The summed E-state index contributed by atoms with van der Waals surface area (Å²) in [6.07, 6.45) is 2.14. The highest BCUT2D eigenvalue weighted by Gasteiger charge is 2.22. The summed E-state index contributed by atoms with van der Waals surface area (Å²) in [6.45, 7) is 0. The van der Waals surface area contributed by atoms with Crippen molar-refractivity contribution in [3.8, 4) is 0 Å². The average molecular weight is 458 g/mol. The van der Waals surface area contributed by atoms with Gasteiger partial charge in [-0.15, -0.1) is 11.8 Å². The first-order valence-electron chi connectivity index (χ1n) is 9.65.